The second-order valence-electron chi connectivity index (χ2n) is 9.48. The van der Waals surface area contributed by atoms with Crippen molar-refractivity contribution in [3.63, 3.8) is 0 Å². The van der Waals surface area contributed by atoms with Gasteiger partial charge in [-0.25, -0.2) is 4.52 Å². The van der Waals surface area contributed by atoms with Gasteiger partial charge in [0.05, 0.1) is 36.3 Å². The summed E-state index contributed by atoms with van der Waals surface area (Å²) in [6.45, 7) is 0.506. The monoisotopic (exact) mass is 631 g/mol. The van der Waals surface area contributed by atoms with Gasteiger partial charge in [-0.3, -0.25) is 19.0 Å². The molecule has 41 heavy (non-hydrogen) atoms. The van der Waals surface area contributed by atoms with Crippen LogP contribution in [0.4, 0.5) is 5.69 Å². The zero-order valence-electron chi connectivity index (χ0n) is 21.8. The van der Waals surface area contributed by atoms with E-state index in [-0.39, 0.29) is 23.9 Å². The number of nitrogens with one attached hydrogen (secondary N) is 1. The van der Waals surface area contributed by atoms with Gasteiger partial charge in [0, 0.05) is 27.7 Å². The first kappa shape index (κ1) is 26.8. The smallest absolute Gasteiger partial charge is 0.261 e. The van der Waals surface area contributed by atoms with Crippen molar-refractivity contribution in [1.82, 2.24) is 19.1 Å². The van der Waals surface area contributed by atoms with Crippen molar-refractivity contribution in [3.05, 3.63) is 121 Å². The maximum atomic E-state index is 14.1. The number of rotatable bonds is 5. The molecule has 2 aromatic heterocycles. The summed E-state index contributed by atoms with van der Waals surface area (Å²) in [7, 11) is 1.57. The third kappa shape index (κ3) is 4.89. The fraction of sp³-hybridized carbons (Fsp3) is 0.133. The average Bonchev–Trinajstić information content (AvgIpc) is 3.42. The fourth-order valence-corrected chi connectivity index (χ4v) is 5.41. The predicted octanol–water partition coefficient (Wildman–Crippen LogP) is 5.36. The summed E-state index contributed by atoms with van der Waals surface area (Å²) in [5.41, 5.74) is 3.12. The van der Waals surface area contributed by atoms with Crippen LogP contribution in [0.5, 0.6) is 5.75 Å². The molecule has 2 amide bonds. The SMILES string of the molecule is COc1ccc(-n2c(=O)c3c(n4ncc(NC(=O)c5ccccc5)c24)CN(C(=O)c2ccc(Br)c(Cl)c2)CC3)cc1. The van der Waals surface area contributed by atoms with Gasteiger partial charge in [-0.05, 0) is 76.9 Å². The minimum Gasteiger partial charge on any atom is -0.497 e. The standard InChI is InChI=1S/C30H23BrClN5O4/c1-41-21-10-8-20(9-11-21)36-28-25(34-27(38)18-5-3-2-4-6-18)16-33-37(28)26-17-35(14-13-22(26)30(36)40)29(39)19-7-12-23(31)24(32)15-19/h2-12,15-16H,13-14,17H2,1H3,(H,34,38). The summed E-state index contributed by atoms with van der Waals surface area (Å²) in [6, 6.07) is 20.9. The Labute approximate surface area is 248 Å². The number of nitrogens with zero attached hydrogens (tertiary/aromatic N) is 4. The number of amides is 2. The highest BCUT2D eigenvalue weighted by atomic mass is 79.9. The Hall–Kier alpha value is -4.41. The molecule has 5 aromatic rings. The van der Waals surface area contributed by atoms with Crippen LogP contribution in [-0.2, 0) is 13.0 Å². The van der Waals surface area contributed by atoms with Crippen molar-refractivity contribution >= 4 is 50.7 Å². The Morgan fingerprint density at radius 2 is 1.78 bits per heavy atom. The van der Waals surface area contributed by atoms with E-state index in [4.69, 9.17) is 16.3 Å². The van der Waals surface area contributed by atoms with E-state index in [0.717, 1.165) is 0 Å². The highest BCUT2D eigenvalue weighted by Gasteiger charge is 2.29. The Balaban J connectivity index is 1.47. The molecular formula is C30H23BrClN5O4. The molecule has 0 bridgehead atoms. The molecule has 9 nitrogen and oxygen atoms in total. The lowest BCUT2D eigenvalue weighted by Crippen LogP contribution is -2.41. The molecule has 0 saturated heterocycles. The molecule has 0 atom stereocenters. The van der Waals surface area contributed by atoms with Crippen LogP contribution < -0.4 is 15.6 Å². The number of fused-ring (bicyclic) bond motifs is 3. The van der Waals surface area contributed by atoms with Crippen LogP contribution in [0.2, 0.25) is 5.02 Å². The topological polar surface area (TPSA) is 97.9 Å². The highest BCUT2D eigenvalue weighted by Crippen LogP contribution is 2.28. The molecular weight excluding hydrogens is 610 g/mol. The molecule has 3 aromatic carbocycles. The van der Waals surface area contributed by atoms with Gasteiger partial charge in [-0.1, -0.05) is 29.8 Å². The number of ether oxygens (including phenoxy) is 1. The van der Waals surface area contributed by atoms with Crippen molar-refractivity contribution in [2.75, 3.05) is 19.0 Å². The van der Waals surface area contributed by atoms with Crippen molar-refractivity contribution in [2.45, 2.75) is 13.0 Å². The number of carbonyl (C=O) groups excluding carboxylic acids is 2. The largest absolute Gasteiger partial charge is 0.497 e. The van der Waals surface area contributed by atoms with E-state index < -0.39 is 0 Å². The lowest BCUT2D eigenvalue weighted by molar-refractivity contribution is 0.0729. The van der Waals surface area contributed by atoms with Crippen molar-refractivity contribution in [2.24, 2.45) is 0 Å². The Bertz CT molecular complexity index is 1870. The molecule has 0 aliphatic carbocycles. The molecule has 11 heteroatoms. The molecule has 206 valence electrons. The molecule has 0 fully saturated rings. The summed E-state index contributed by atoms with van der Waals surface area (Å²) in [5, 5.41) is 7.93. The lowest BCUT2D eigenvalue weighted by atomic mass is 10.0. The van der Waals surface area contributed by atoms with Crippen molar-refractivity contribution in [1.29, 1.82) is 0 Å². The highest BCUT2D eigenvalue weighted by molar-refractivity contribution is 9.10. The van der Waals surface area contributed by atoms with Gasteiger partial charge in [-0.15, -0.1) is 0 Å². The molecule has 0 saturated carbocycles. The molecule has 1 N–H and O–H groups in total. The van der Waals surface area contributed by atoms with Gasteiger partial charge in [-0.2, -0.15) is 5.10 Å². The number of hydrogen-bond donors (Lipinski definition) is 1. The molecule has 3 heterocycles. The minimum absolute atomic E-state index is 0.158. The molecule has 0 radical (unpaired) electrons. The van der Waals surface area contributed by atoms with Crippen molar-refractivity contribution in [3.8, 4) is 11.4 Å². The first-order valence-corrected chi connectivity index (χ1v) is 13.9. The van der Waals surface area contributed by atoms with Crippen LogP contribution in [0.25, 0.3) is 11.3 Å². The third-order valence-electron chi connectivity index (χ3n) is 7.06. The van der Waals surface area contributed by atoms with E-state index in [1.54, 1.807) is 83.3 Å². The van der Waals surface area contributed by atoms with Crippen LogP contribution in [0.1, 0.15) is 32.0 Å². The Kier molecular flexibility index (Phi) is 7.10. The number of hydrogen-bond acceptors (Lipinski definition) is 5. The van der Waals surface area contributed by atoms with Gasteiger partial charge in [0.1, 0.15) is 11.4 Å². The van der Waals surface area contributed by atoms with Gasteiger partial charge in [0.2, 0.25) is 0 Å². The normalized spacial score (nSPS) is 12.7. The maximum Gasteiger partial charge on any atom is 0.261 e. The second-order valence-corrected chi connectivity index (χ2v) is 10.7. The lowest BCUT2D eigenvalue weighted by Gasteiger charge is -2.29. The van der Waals surface area contributed by atoms with Crippen LogP contribution >= 0.6 is 27.5 Å². The molecule has 6 rings (SSSR count). The van der Waals surface area contributed by atoms with Gasteiger partial charge < -0.3 is 15.0 Å². The van der Waals surface area contributed by atoms with Gasteiger partial charge in [0.15, 0.2) is 5.65 Å². The number of halogens is 2. The molecule has 1 aliphatic heterocycles. The van der Waals surface area contributed by atoms with E-state index in [1.165, 1.54) is 10.8 Å². The summed E-state index contributed by atoms with van der Waals surface area (Å²) >= 11 is 9.60. The van der Waals surface area contributed by atoms with Crippen LogP contribution in [-0.4, -0.2) is 44.6 Å². The van der Waals surface area contributed by atoms with Gasteiger partial charge in [0.25, 0.3) is 17.4 Å². The van der Waals surface area contributed by atoms with Crippen LogP contribution in [0.15, 0.2) is 88.3 Å². The summed E-state index contributed by atoms with van der Waals surface area (Å²) in [6.07, 6.45) is 1.85. The summed E-state index contributed by atoms with van der Waals surface area (Å²) < 4.78 is 9.17. The first-order chi connectivity index (χ1) is 19.9. The molecule has 1 aliphatic rings. The summed E-state index contributed by atoms with van der Waals surface area (Å²) in [5.74, 6) is 0.0993. The number of carbonyl (C=O) groups is 2. The number of aromatic nitrogens is 3. The van der Waals surface area contributed by atoms with Gasteiger partial charge >= 0.3 is 0 Å². The molecule has 0 unspecified atom stereocenters. The second kappa shape index (κ2) is 10.9. The average molecular weight is 633 g/mol. The Morgan fingerprint density at radius 3 is 2.49 bits per heavy atom. The summed E-state index contributed by atoms with van der Waals surface area (Å²) in [4.78, 5) is 42.2. The molecule has 0 spiro atoms. The number of anilines is 1. The van der Waals surface area contributed by atoms with E-state index >= 15 is 0 Å². The van der Waals surface area contributed by atoms with E-state index in [1.807, 2.05) is 6.07 Å². The zero-order valence-corrected chi connectivity index (χ0v) is 24.1. The predicted molar refractivity (Wildman–Crippen MR) is 159 cm³/mol. The first-order valence-electron chi connectivity index (χ1n) is 12.8. The minimum atomic E-state index is -0.337. The van der Waals surface area contributed by atoms with Crippen LogP contribution in [0.3, 0.4) is 0 Å². The van der Waals surface area contributed by atoms with E-state index in [2.05, 4.69) is 26.3 Å². The maximum absolute atomic E-state index is 14.1. The van der Waals surface area contributed by atoms with E-state index in [9.17, 15) is 14.4 Å². The van der Waals surface area contributed by atoms with E-state index in [0.29, 0.717) is 67.6 Å². The number of methoxy groups -OCH3 is 1. The third-order valence-corrected chi connectivity index (χ3v) is 8.29. The number of benzene rings is 3. The zero-order chi connectivity index (χ0) is 28.7. The van der Waals surface area contributed by atoms with Crippen molar-refractivity contribution < 1.29 is 14.3 Å². The Morgan fingerprint density at radius 1 is 1.02 bits per heavy atom. The quantitative estimate of drug-likeness (QED) is 0.281. The fourth-order valence-electron chi connectivity index (χ4n) is 4.99. The van der Waals surface area contributed by atoms with Crippen LogP contribution in [0, 0.1) is 0 Å².